The van der Waals surface area contributed by atoms with Crippen molar-refractivity contribution in [3.05, 3.63) is 47.8 Å². The number of rotatable bonds is 8. The second-order valence-electron chi connectivity index (χ2n) is 10.8. The summed E-state index contributed by atoms with van der Waals surface area (Å²) in [6.07, 6.45) is 6.24. The van der Waals surface area contributed by atoms with Crippen LogP contribution in [0.1, 0.15) is 67.2 Å². The molecule has 2 heterocycles. The van der Waals surface area contributed by atoms with Crippen LogP contribution in [0.25, 0.3) is 11.4 Å². The van der Waals surface area contributed by atoms with Gasteiger partial charge in [-0.2, -0.15) is 0 Å². The number of methoxy groups -OCH3 is 1. The summed E-state index contributed by atoms with van der Waals surface area (Å²) >= 11 is 0. The normalized spacial score (nSPS) is 16.2. The van der Waals surface area contributed by atoms with Crippen molar-refractivity contribution in [3.8, 4) is 11.4 Å². The Morgan fingerprint density at radius 1 is 0.974 bits per heavy atom. The predicted molar refractivity (Wildman–Crippen MR) is 142 cm³/mol. The highest BCUT2D eigenvalue weighted by Crippen LogP contribution is 2.33. The summed E-state index contributed by atoms with van der Waals surface area (Å²) in [6, 6.07) is 7.31. The first kappa shape index (κ1) is 27.5. The standard InChI is InChI=1S/C28H37N5O5/c1-28(2,3)38-27(36)32-14-11-23(12-15-32)33(22-9-10-22)26(35)21-17-30-24(31-18-21)19-5-7-20(8-6-19)25(34)29-13-16-37-4/h5-8,17-18,22-23H,9-16H2,1-4H3,(H,29,34). The van der Waals surface area contributed by atoms with E-state index >= 15 is 0 Å². The van der Waals surface area contributed by atoms with E-state index in [1.54, 1.807) is 48.7 Å². The number of aromatic nitrogens is 2. The van der Waals surface area contributed by atoms with Crippen LogP contribution in [0.2, 0.25) is 0 Å². The van der Waals surface area contributed by atoms with E-state index in [1.165, 1.54) is 0 Å². The average molecular weight is 524 g/mol. The summed E-state index contributed by atoms with van der Waals surface area (Å²) in [4.78, 5) is 50.7. The molecule has 4 rings (SSSR count). The molecule has 1 aliphatic heterocycles. The largest absolute Gasteiger partial charge is 0.444 e. The third-order valence-electron chi connectivity index (χ3n) is 6.58. The third-order valence-corrected chi connectivity index (χ3v) is 6.58. The van der Waals surface area contributed by atoms with Crippen molar-refractivity contribution in [1.29, 1.82) is 0 Å². The molecule has 2 fully saturated rings. The van der Waals surface area contributed by atoms with Gasteiger partial charge in [0.05, 0.1) is 12.2 Å². The maximum atomic E-state index is 13.5. The van der Waals surface area contributed by atoms with E-state index in [1.807, 2.05) is 25.7 Å². The molecule has 0 bridgehead atoms. The van der Waals surface area contributed by atoms with Gasteiger partial charge >= 0.3 is 6.09 Å². The van der Waals surface area contributed by atoms with Crippen LogP contribution in [0.4, 0.5) is 4.79 Å². The Labute approximate surface area is 223 Å². The Morgan fingerprint density at radius 2 is 1.58 bits per heavy atom. The molecule has 38 heavy (non-hydrogen) atoms. The zero-order chi connectivity index (χ0) is 27.3. The van der Waals surface area contributed by atoms with E-state index in [0.29, 0.717) is 56.0 Å². The number of benzene rings is 1. The lowest BCUT2D eigenvalue weighted by atomic mass is 10.0. The Bertz CT molecular complexity index is 1120. The zero-order valence-electron chi connectivity index (χ0n) is 22.6. The molecule has 1 saturated carbocycles. The Morgan fingerprint density at radius 3 is 2.13 bits per heavy atom. The van der Waals surface area contributed by atoms with E-state index in [2.05, 4.69) is 15.3 Å². The first-order valence-corrected chi connectivity index (χ1v) is 13.2. The van der Waals surface area contributed by atoms with Crippen molar-refractivity contribution in [1.82, 2.24) is 25.1 Å². The van der Waals surface area contributed by atoms with E-state index in [4.69, 9.17) is 9.47 Å². The van der Waals surface area contributed by atoms with E-state index in [0.717, 1.165) is 18.4 Å². The first-order valence-electron chi connectivity index (χ1n) is 13.2. The van der Waals surface area contributed by atoms with Gasteiger partial charge in [0.2, 0.25) is 0 Å². The number of hydrogen-bond acceptors (Lipinski definition) is 7. The van der Waals surface area contributed by atoms with Crippen LogP contribution in [0.15, 0.2) is 36.7 Å². The van der Waals surface area contributed by atoms with Crippen molar-refractivity contribution in [3.63, 3.8) is 0 Å². The first-order chi connectivity index (χ1) is 18.2. The molecule has 3 amide bonds. The number of carbonyl (C=O) groups excluding carboxylic acids is 3. The monoisotopic (exact) mass is 523 g/mol. The molecule has 1 N–H and O–H groups in total. The molecular weight excluding hydrogens is 486 g/mol. The number of hydrogen-bond donors (Lipinski definition) is 1. The Hall–Kier alpha value is -3.53. The lowest BCUT2D eigenvalue weighted by molar-refractivity contribution is 0.0142. The SMILES string of the molecule is COCCNC(=O)c1ccc(-c2ncc(C(=O)N(C3CC3)C3CCN(C(=O)OC(C)(C)C)CC3)cn2)cc1. The van der Waals surface area contributed by atoms with Crippen LogP contribution < -0.4 is 5.32 Å². The van der Waals surface area contributed by atoms with Gasteiger partial charge in [-0.3, -0.25) is 9.59 Å². The quantitative estimate of drug-likeness (QED) is 0.527. The van der Waals surface area contributed by atoms with Crippen LogP contribution in [-0.4, -0.2) is 88.7 Å². The molecule has 10 nitrogen and oxygen atoms in total. The van der Waals surface area contributed by atoms with Gasteiger partial charge in [-0.15, -0.1) is 0 Å². The molecule has 2 aromatic rings. The summed E-state index contributed by atoms with van der Waals surface area (Å²) in [5.74, 6) is 0.238. The molecule has 1 aliphatic carbocycles. The number of amides is 3. The van der Waals surface area contributed by atoms with Crippen LogP contribution in [0.3, 0.4) is 0 Å². The summed E-state index contributed by atoms with van der Waals surface area (Å²) in [5, 5.41) is 2.78. The van der Waals surface area contributed by atoms with Gasteiger partial charge in [0.15, 0.2) is 5.82 Å². The van der Waals surface area contributed by atoms with Crippen LogP contribution >= 0.6 is 0 Å². The highest BCUT2D eigenvalue weighted by Gasteiger charge is 2.40. The highest BCUT2D eigenvalue weighted by molar-refractivity contribution is 5.95. The molecule has 0 spiro atoms. The van der Waals surface area contributed by atoms with Crippen molar-refractivity contribution in [2.45, 2.75) is 64.1 Å². The summed E-state index contributed by atoms with van der Waals surface area (Å²) in [6.45, 7) is 7.59. The topological polar surface area (TPSA) is 114 Å². The molecule has 10 heteroatoms. The van der Waals surface area contributed by atoms with Crippen molar-refractivity contribution in [2.75, 3.05) is 33.4 Å². The maximum Gasteiger partial charge on any atom is 0.410 e. The van der Waals surface area contributed by atoms with Gasteiger partial charge in [-0.1, -0.05) is 12.1 Å². The van der Waals surface area contributed by atoms with Crippen LogP contribution in [0.5, 0.6) is 0 Å². The fourth-order valence-corrected chi connectivity index (χ4v) is 4.51. The molecule has 204 valence electrons. The van der Waals surface area contributed by atoms with Gasteiger partial charge in [0.25, 0.3) is 11.8 Å². The molecule has 2 aliphatic rings. The van der Waals surface area contributed by atoms with Gasteiger partial charge in [-0.05, 0) is 58.6 Å². The second-order valence-corrected chi connectivity index (χ2v) is 10.8. The lowest BCUT2D eigenvalue weighted by Crippen LogP contribution is -2.50. The highest BCUT2D eigenvalue weighted by atomic mass is 16.6. The smallest absolute Gasteiger partial charge is 0.410 e. The minimum Gasteiger partial charge on any atom is -0.444 e. The number of carbonyl (C=O) groups is 3. The second kappa shape index (κ2) is 11.9. The minimum absolute atomic E-state index is 0.0657. The van der Waals surface area contributed by atoms with Gasteiger partial charge in [-0.25, -0.2) is 14.8 Å². The summed E-state index contributed by atoms with van der Waals surface area (Å²) in [5.41, 5.74) is 1.21. The number of nitrogens with one attached hydrogen (secondary N) is 1. The molecule has 1 aromatic carbocycles. The zero-order valence-corrected chi connectivity index (χ0v) is 22.6. The van der Waals surface area contributed by atoms with Crippen LogP contribution in [-0.2, 0) is 9.47 Å². The van der Waals surface area contributed by atoms with Gasteiger partial charge in [0.1, 0.15) is 5.60 Å². The molecule has 0 atom stereocenters. The van der Waals surface area contributed by atoms with Gasteiger partial charge < -0.3 is 24.6 Å². The number of ether oxygens (including phenoxy) is 2. The van der Waals surface area contributed by atoms with Crippen molar-refractivity contribution >= 4 is 17.9 Å². The third kappa shape index (κ3) is 7.06. The molecule has 0 radical (unpaired) electrons. The molecule has 1 aromatic heterocycles. The number of piperidine rings is 1. The summed E-state index contributed by atoms with van der Waals surface area (Å²) < 4.78 is 10.4. The average Bonchev–Trinajstić information content (AvgIpc) is 3.74. The molecule has 1 saturated heterocycles. The lowest BCUT2D eigenvalue weighted by Gasteiger charge is -2.39. The van der Waals surface area contributed by atoms with Gasteiger partial charge in [0, 0.05) is 62.3 Å². The summed E-state index contributed by atoms with van der Waals surface area (Å²) in [7, 11) is 1.58. The number of nitrogens with zero attached hydrogens (tertiary/aromatic N) is 4. The predicted octanol–water partition coefficient (Wildman–Crippen LogP) is 3.52. The number of likely N-dealkylation sites (tertiary alicyclic amines) is 1. The Kier molecular flexibility index (Phi) is 8.61. The molecule has 0 unspecified atom stereocenters. The van der Waals surface area contributed by atoms with Crippen LogP contribution in [0, 0.1) is 0 Å². The van der Waals surface area contributed by atoms with E-state index < -0.39 is 5.60 Å². The Balaban J connectivity index is 1.37. The minimum atomic E-state index is -0.531. The van der Waals surface area contributed by atoms with Crippen molar-refractivity contribution < 1.29 is 23.9 Å². The van der Waals surface area contributed by atoms with Crippen molar-refractivity contribution in [2.24, 2.45) is 0 Å². The fraction of sp³-hybridized carbons (Fsp3) is 0.536. The molecular formula is C28H37N5O5. The van der Waals surface area contributed by atoms with E-state index in [9.17, 15) is 14.4 Å². The fourth-order valence-electron chi connectivity index (χ4n) is 4.51. The van der Waals surface area contributed by atoms with E-state index in [-0.39, 0.29) is 30.0 Å². The maximum absolute atomic E-state index is 13.5.